The van der Waals surface area contributed by atoms with Gasteiger partial charge in [0, 0.05) is 5.41 Å². The van der Waals surface area contributed by atoms with Gasteiger partial charge in [0.15, 0.2) is 0 Å². The first kappa shape index (κ1) is 21.0. The minimum atomic E-state index is -2.97. The molecule has 4 rings (SSSR count). The molecule has 0 radical (unpaired) electrons. The summed E-state index contributed by atoms with van der Waals surface area (Å²) < 4.78 is 0. The molecule has 3 heteroatoms. The number of benzene rings is 3. The molecule has 1 fully saturated rings. The van der Waals surface area contributed by atoms with Crippen molar-refractivity contribution in [2.75, 3.05) is 6.61 Å². The molecule has 1 aliphatic carbocycles. The standard InChI is InChI=1S/C27H32O2Si/c1-26(2,19-18-23-20-27(23,21-28)22-12-6-3-7-13-22)30(29,24-14-8-4-9-15-24)25-16-10-5-11-17-25/h3-17,23,28-29H,18-21H2,1-2H3/t23-,27-/m1/s1. The number of rotatable bonds is 8. The van der Waals surface area contributed by atoms with Crippen molar-refractivity contribution in [3.8, 4) is 0 Å². The van der Waals surface area contributed by atoms with Crippen LogP contribution in [0.15, 0.2) is 91.0 Å². The second kappa shape index (κ2) is 8.14. The maximum Gasteiger partial charge on any atom is 0.258 e. The molecule has 0 bridgehead atoms. The van der Waals surface area contributed by atoms with Crippen molar-refractivity contribution in [3.05, 3.63) is 96.6 Å². The lowest BCUT2D eigenvalue weighted by Gasteiger charge is -2.41. The van der Waals surface area contributed by atoms with Crippen LogP contribution in [0.4, 0.5) is 0 Å². The van der Waals surface area contributed by atoms with Gasteiger partial charge < -0.3 is 9.90 Å². The lowest BCUT2D eigenvalue weighted by Crippen LogP contribution is -2.65. The molecule has 3 aromatic carbocycles. The van der Waals surface area contributed by atoms with E-state index in [0.717, 1.165) is 29.6 Å². The Labute approximate surface area is 181 Å². The van der Waals surface area contributed by atoms with Crippen molar-refractivity contribution in [1.29, 1.82) is 0 Å². The van der Waals surface area contributed by atoms with E-state index in [0.29, 0.717) is 5.92 Å². The van der Waals surface area contributed by atoms with Crippen LogP contribution < -0.4 is 10.4 Å². The Balaban J connectivity index is 1.60. The highest BCUT2D eigenvalue weighted by Crippen LogP contribution is 2.58. The summed E-state index contributed by atoms with van der Waals surface area (Å²) in [6, 6.07) is 30.9. The Morgan fingerprint density at radius 1 is 0.833 bits per heavy atom. The predicted octanol–water partition coefficient (Wildman–Crippen LogP) is 4.25. The van der Waals surface area contributed by atoms with Gasteiger partial charge in [-0.05, 0) is 46.2 Å². The van der Waals surface area contributed by atoms with Crippen LogP contribution in [0.5, 0.6) is 0 Å². The molecule has 2 atom stereocenters. The van der Waals surface area contributed by atoms with Gasteiger partial charge in [-0.2, -0.15) is 0 Å². The Kier molecular flexibility index (Phi) is 5.71. The summed E-state index contributed by atoms with van der Waals surface area (Å²) >= 11 is 0. The topological polar surface area (TPSA) is 40.5 Å². The first-order chi connectivity index (χ1) is 14.4. The zero-order valence-electron chi connectivity index (χ0n) is 18.0. The molecule has 1 saturated carbocycles. The molecule has 2 nitrogen and oxygen atoms in total. The van der Waals surface area contributed by atoms with E-state index in [9.17, 15) is 9.90 Å². The molecule has 0 heterocycles. The molecule has 3 aromatic rings. The van der Waals surface area contributed by atoms with Gasteiger partial charge in [-0.15, -0.1) is 0 Å². The van der Waals surface area contributed by atoms with Gasteiger partial charge in [-0.25, -0.2) is 0 Å². The third-order valence-electron chi connectivity index (χ3n) is 7.34. The Morgan fingerprint density at radius 3 is 1.77 bits per heavy atom. The normalized spacial score (nSPS) is 21.4. The highest BCUT2D eigenvalue weighted by Gasteiger charge is 2.56. The van der Waals surface area contributed by atoms with Gasteiger partial charge in [0.05, 0.1) is 6.61 Å². The largest absolute Gasteiger partial charge is 0.424 e. The first-order valence-corrected chi connectivity index (χ1v) is 12.9. The van der Waals surface area contributed by atoms with Gasteiger partial charge in [-0.3, -0.25) is 0 Å². The van der Waals surface area contributed by atoms with E-state index >= 15 is 0 Å². The highest BCUT2D eigenvalue weighted by atomic mass is 28.4. The van der Waals surface area contributed by atoms with E-state index in [-0.39, 0.29) is 17.1 Å². The van der Waals surface area contributed by atoms with Crippen LogP contribution in [0.25, 0.3) is 0 Å². The molecule has 30 heavy (non-hydrogen) atoms. The molecule has 2 N–H and O–H groups in total. The maximum atomic E-state index is 12.3. The van der Waals surface area contributed by atoms with Gasteiger partial charge in [0.25, 0.3) is 8.32 Å². The SMILES string of the molecule is CC(C)(CC[C@@H]1C[C@@]1(CO)c1ccccc1)[Si](O)(c1ccccc1)c1ccccc1. The van der Waals surface area contributed by atoms with Crippen LogP contribution in [0.1, 0.15) is 38.7 Å². The monoisotopic (exact) mass is 416 g/mol. The third kappa shape index (κ3) is 3.56. The molecule has 0 aliphatic heterocycles. The zero-order valence-corrected chi connectivity index (χ0v) is 19.0. The number of hydrogen-bond donors (Lipinski definition) is 2. The summed E-state index contributed by atoms with van der Waals surface area (Å²) in [6.45, 7) is 4.65. The fourth-order valence-corrected chi connectivity index (χ4v) is 8.94. The molecule has 0 saturated heterocycles. The van der Waals surface area contributed by atoms with Crippen LogP contribution in [0, 0.1) is 5.92 Å². The van der Waals surface area contributed by atoms with Gasteiger partial charge in [-0.1, -0.05) is 105 Å². The molecular formula is C27H32O2Si. The quantitative estimate of drug-likeness (QED) is 0.539. The summed E-state index contributed by atoms with van der Waals surface area (Å²) in [6.07, 6.45) is 2.97. The second-order valence-electron chi connectivity index (χ2n) is 9.45. The van der Waals surface area contributed by atoms with Crippen LogP contribution in [-0.2, 0) is 5.41 Å². The van der Waals surface area contributed by atoms with Crippen LogP contribution >= 0.6 is 0 Å². The summed E-state index contributed by atoms with van der Waals surface area (Å²) in [5.41, 5.74) is 1.14. The Morgan fingerprint density at radius 2 is 1.30 bits per heavy atom. The van der Waals surface area contributed by atoms with E-state index in [2.05, 4.69) is 62.4 Å². The number of hydrogen-bond acceptors (Lipinski definition) is 2. The van der Waals surface area contributed by atoms with Crippen LogP contribution in [-0.4, -0.2) is 24.8 Å². The maximum absolute atomic E-state index is 12.3. The zero-order chi connectivity index (χ0) is 21.2. The highest BCUT2D eigenvalue weighted by molar-refractivity contribution is 6.98. The van der Waals surface area contributed by atoms with Crippen molar-refractivity contribution in [1.82, 2.24) is 0 Å². The minimum absolute atomic E-state index is 0.101. The number of aliphatic hydroxyl groups excluding tert-OH is 1. The summed E-state index contributed by atoms with van der Waals surface area (Å²) in [5, 5.41) is 12.1. The molecule has 0 unspecified atom stereocenters. The first-order valence-electron chi connectivity index (χ1n) is 10.9. The minimum Gasteiger partial charge on any atom is -0.424 e. The Bertz CT molecular complexity index is 916. The van der Waals surface area contributed by atoms with Gasteiger partial charge >= 0.3 is 0 Å². The summed E-state index contributed by atoms with van der Waals surface area (Å²) in [5.74, 6) is 0.467. The molecule has 1 aliphatic rings. The van der Waals surface area contributed by atoms with E-state index in [1.807, 2.05) is 42.5 Å². The fraction of sp³-hybridized carbons (Fsp3) is 0.333. The third-order valence-corrected chi connectivity index (χ3v) is 11.9. The van der Waals surface area contributed by atoms with Gasteiger partial charge in [0.1, 0.15) is 0 Å². The van der Waals surface area contributed by atoms with E-state index in [4.69, 9.17) is 0 Å². The van der Waals surface area contributed by atoms with Crippen LogP contribution in [0.2, 0.25) is 5.04 Å². The average molecular weight is 417 g/mol. The fourth-order valence-electron chi connectivity index (χ4n) is 5.19. The van der Waals surface area contributed by atoms with E-state index in [1.54, 1.807) is 0 Å². The van der Waals surface area contributed by atoms with Crippen molar-refractivity contribution in [2.45, 2.75) is 43.6 Å². The van der Waals surface area contributed by atoms with Gasteiger partial charge in [0.2, 0.25) is 0 Å². The molecule has 156 valence electrons. The Hall–Kier alpha value is -2.20. The van der Waals surface area contributed by atoms with Crippen LogP contribution in [0.3, 0.4) is 0 Å². The molecular weight excluding hydrogens is 384 g/mol. The molecule has 0 spiro atoms. The predicted molar refractivity (Wildman–Crippen MR) is 127 cm³/mol. The summed E-state index contributed by atoms with van der Waals surface area (Å²) in [4.78, 5) is 12.3. The van der Waals surface area contributed by atoms with E-state index in [1.165, 1.54) is 5.56 Å². The smallest absolute Gasteiger partial charge is 0.258 e. The van der Waals surface area contributed by atoms with E-state index < -0.39 is 8.32 Å². The average Bonchev–Trinajstić information content (AvgIpc) is 3.54. The van der Waals surface area contributed by atoms with Crippen molar-refractivity contribution in [3.63, 3.8) is 0 Å². The van der Waals surface area contributed by atoms with Crippen molar-refractivity contribution >= 4 is 18.7 Å². The molecule has 0 amide bonds. The second-order valence-corrected chi connectivity index (χ2v) is 13.4. The lowest BCUT2D eigenvalue weighted by atomic mass is 9.91. The number of aliphatic hydroxyl groups is 1. The van der Waals surface area contributed by atoms with Crippen molar-refractivity contribution in [2.24, 2.45) is 5.92 Å². The van der Waals surface area contributed by atoms with Crippen molar-refractivity contribution < 1.29 is 9.90 Å². The summed E-state index contributed by atoms with van der Waals surface area (Å²) in [7, 11) is -2.97. The molecule has 0 aromatic heterocycles. The lowest BCUT2D eigenvalue weighted by molar-refractivity contribution is 0.242.